The van der Waals surface area contributed by atoms with Gasteiger partial charge in [-0.25, -0.2) is 0 Å². The molecule has 0 aromatic heterocycles. The molecule has 0 heterocycles. The molecule has 2 fully saturated rings. The molecule has 2 aliphatic rings. The van der Waals surface area contributed by atoms with Crippen LogP contribution in [0.4, 0.5) is 0 Å². The molecule has 21 heavy (non-hydrogen) atoms. The van der Waals surface area contributed by atoms with E-state index in [0.717, 1.165) is 25.1 Å². The summed E-state index contributed by atoms with van der Waals surface area (Å²) in [6.45, 7) is 3.76. The van der Waals surface area contributed by atoms with Crippen molar-refractivity contribution in [3.05, 3.63) is 29.8 Å². The average Bonchev–Trinajstić information content (AvgIpc) is 2.51. The summed E-state index contributed by atoms with van der Waals surface area (Å²) in [7, 11) is 0. The van der Waals surface area contributed by atoms with Crippen LogP contribution in [0.1, 0.15) is 51.0 Å². The molecule has 3 heteroatoms. The molecule has 0 aliphatic heterocycles. The summed E-state index contributed by atoms with van der Waals surface area (Å²) in [5, 5.41) is 13.3. The Hall–Kier alpha value is -1.06. The van der Waals surface area contributed by atoms with Crippen LogP contribution in [0, 0.1) is 5.41 Å². The van der Waals surface area contributed by atoms with Crippen LogP contribution < -0.4 is 5.32 Å². The number of phenolic OH excluding ortho intramolecular Hbond substituents is 1. The maximum absolute atomic E-state index is 9.56. The highest BCUT2D eigenvalue weighted by Gasteiger charge is 2.55. The second-order valence-electron chi connectivity index (χ2n) is 6.58. The Morgan fingerprint density at radius 1 is 1.29 bits per heavy atom. The van der Waals surface area contributed by atoms with E-state index >= 15 is 0 Å². The molecule has 2 saturated carbocycles. The quantitative estimate of drug-likeness (QED) is 0.870. The largest absolute Gasteiger partial charge is 0.508 e. The van der Waals surface area contributed by atoms with Crippen LogP contribution in [0.2, 0.25) is 0 Å². The Kier molecular flexibility index (Phi) is 4.51. The van der Waals surface area contributed by atoms with Crippen molar-refractivity contribution in [3.63, 3.8) is 0 Å². The number of hydrogen-bond acceptors (Lipinski definition) is 3. The van der Waals surface area contributed by atoms with E-state index in [1.54, 1.807) is 6.07 Å². The number of rotatable bonds is 5. The Balaban J connectivity index is 1.62. The lowest BCUT2D eigenvalue weighted by Gasteiger charge is -2.58. The third-order valence-corrected chi connectivity index (χ3v) is 5.40. The number of phenols is 1. The molecular weight excluding hydrogens is 262 g/mol. The lowest BCUT2D eigenvalue weighted by Crippen LogP contribution is -2.64. The first kappa shape index (κ1) is 14.9. The van der Waals surface area contributed by atoms with Crippen molar-refractivity contribution in [1.29, 1.82) is 0 Å². The topological polar surface area (TPSA) is 41.5 Å². The smallest absolute Gasteiger partial charge is 0.115 e. The molecule has 3 nitrogen and oxygen atoms in total. The Morgan fingerprint density at radius 2 is 2.10 bits per heavy atom. The Bertz CT molecular complexity index is 468. The summed E-state index contributed by atoms with van der Waals surface area (Å²) in [5.74, 6) is 0.350. The van der Waals surface area contributed by atoms with E-state index in [1.807, 2.05) is 12.1 Å². The number of hydrogen-bond donors (Lipinski definition) is 2. The molecule has 3 rings (SSSR count). The molecule has 0 unspecified atom stereocenters. The summed E-state index contributed by atoms with van der Waals surface area (Å²) in [5.41, 5.74) is 1.52. The van der Waals surface area contributed by atoms with Crippen LogP contribution in [0.3, 0.4) is 0 Å². The summed E-state index contributed by atoms with van der Waals surface area (Å²) in [6.07, 6.45) is 8.24. The molecular formula is C18H27NO2. The fraction of sp³-hybridized carbons (Fsp3) is 0.667. The van der Waals surface area contributed by atoms with E-state index in [2.05, 4.69) is 18.3 Å². The fourth-order valence-corrected chi connectivity index (χ4v) is 4.26. The van der Waals surface area contributed by atoms with Gasteiger partial charge in [0.05, 0.1) is 6.10 Å². The third-order valence-electron chi connectivity index (χ3n) is 5.40. The summed E-state index contributed by atoms with van der Waals surface area (Å²) in [4.78, 5) is 0. The molecule has 2 atom stereocenters. The normalized spacial score (nSPS) is 27.5. The number of benzene rings is 1. The van der Waals surface area contributed by atoms with Crippen molar-refractivity contribution >= 4 is 0 Å². The molecule has 0 saturated heterocycles. The van der Waals surface area contributed by atoms with Crippen molar-refractivity contribution in [2.45, 2.75) is 64.1 Å². The van der Waals surface area contributed by atoms with Gasteiger partial charge in [0.25, 0.3) is 0 Å². The predicted octanol–water partition coefficient (Wildman–Crippen LogP) is 3.61. The second kappa shape index (κ2) is 6.37. The van der Waals surface area contributed by atoms with Crippen molar-refractivity contribution < 1.29 is 9.84 Å². The van der Waals surface area contributed by atoms with Gasteiger partial charge in [-0.2, -0.15) is 0 Å². The van der Waals surface area contributed by atoms with Gasteiger partial charge in [-0.05, 0) is 43.9 Å². The van der Waals surface area contributed by atoms with E-state index in [0.29, 0.717) is 23.3 Å². The van der Waals surface area contributed by atoms with Gasteiger partial charge in [0.2, 0.25) is 0 Å². The first-order valence-electron chi connectivity index (χ1n) is 8.37. The Labute approximate surface area is 127 Å². The summed E-state index contributed by atoms with van der Waals surface area (Å²) >= 11 is 0. The van der Waals surface area contributed by atoms with E-state index in [1.165, 1.54) is 32.1 Å². The van der Waals surface area contributed by atoms with Gasteiger partial charge in [-0.1, -0.05) is 31.4 Å². The minimum atomic E-state index is 0.350. The first-order chi connectivity index (χ1) is 10.2. The Morgan fingerprint density at radius 3 is 2.81 bits per heavy atom. The van der Waals surface area contributed by atoms with Crippen LogP contribution in [0.15, 0.2) is 24.3 Å². The SMILES string of the molecule is CCO[C@H]1C[C@@H](NCc2cccc(O)c2)C12CCCCC2. The zero-order valence-corrected chi connectivity index (χ0v) is 13.0. The van der Waals surface area contributed by atoms with E-state index in [9.17, 15) is 5.11 Å². The van der Waals surface area contributed by atoms with Gasteiger partial charge in [-0.15, -0.1) is 0 Å². The average molecular weight is 289 g/mol. The molecule has 0 amide bonds. The number of ether oxygens (including phenoxy) is 1. The molecule has 0 bridgehead atoms. The minimum Gasteiger partial charge on any atom is -0.508 e. The van der Waals surface area contributed by atoms with Gasteiger partial charge >= 0.3 is 0 Å². The van der Waals surface area contributed by atoms with E-state index in [4.69, 9.17) is 4.74 Å². The number of nitrogens with one attached hydrogen (secondary N) is 1. The fourth-order valence-electron chi connectivity index (χ4n) is 4.26. The van der Waals surface area contributed by atoms with Crippen molar-refractivity contribution in [3.8, 4) is 5.75 Å². The maximum Gasteiger partial charge on any atom is 0.115 e. The van der Waals surface area contributed by atoms with Crippen LogP contribution >= 0.6 is 0 Å². The second-order valence-corrected chi connectivity index (χ2v) is 6.58. The zero-order chi connectivity index (χ0) is 14.7. The van der Waals surface area contributed by atoms with E-state index in [-0.39, 0.29) is 0 Å². The third kappa shape index (κ3) is 2.95. The molecule has 116 valence electrons. The van der Waals surface area contributed by atoms with Crippen molar-refractivity contribution in [1.82, 2.24) is 5.32 Å². The molecule has 2 N–H and O–H groups in total. The lowest BCUT2D eigenvalue weighted by atomic mass is 9.55. The van der Waals surface area contributed by atoms with Crippen LogP contribution in [-0.2, 0) is 11.3 Å². The molecule has 0 radical (unpaired) electrons. The van der Waals surface area contributed by atoms with Crippen molar-refractivity contribution in [2.75, 3.05) is 6.61 Å². The summed E-state index contributed by atoms with van der Waals surface area (Å²) < 4.78 is 5.99. The van der Waals surface area contributed by atoms with Gasteiger partial charge in [-0.3, -0.25) is 0 Å². The van der Waals surface area contributed by atoms with Crippen LogP contribution in [-0.4, -0.2) is 23.9 Å². The van der Waals surface area contributed by atoms with Gasteiger partial charge < -0.3 is 15.2 Å². The van der Waals surface area contributed by atoms with Gasteiger partial charge in [0, 0.05) is 24.6 Å². The molecule has 2 aliphatic carbocycles. The zero-order valence-electron chi connectivity index (χ0n) is 13.0. The minimum absolute atomic E-state index is 0.350. The predicted molar refractivity (Wildman–Crippen MR) is 84.3 cm³/mol. The van der Waals surface area contributed by atoms with Gasteiger partial charge in [0.1, 0.15) is 5.75 Å². The first-order valence-corrected chi connectivity index (χ1v) is 8.37. The van der Waals surface area contributed by atoms with Crippen molar-refractivity contribution in [2.24, 2.45) is 5.41 Å². The molecule has 1 aromatic rings. The molecule has 1 spiro atoms. The van der Waals surface area contributed by atoms with Gasteiger partial charge in [0.15, 0.2) is 0 Å². The van der Waals surface area contributed by atoms with E-state index < -0.39 is 0 Å². The molecule has 1 aromatic carbocycles. The maximum atomic E-state index is 9.56. The highest BCUT2D eigenvalue weighted by atomic mass is 16.5. The summed E-state index contributed by atoms with van der Waals surface area (Å²) in [6, 6.07) is 8.11. The lowest BCUT2D eigenvalue weighted by molar-refractivity contribution is -0.150. The van der Waals surface area contributed by atoms with Crippen LogP contribution in [0.5, 0.6) is 5.75 Å². The standard InChI is InChI=1S/C18H27NO2/c1-2-21-17-12-16(18(17)9-4-3-5-10-18)19-13-14-7-6-8-15(20)11-14/h6-8,11,16-17,19-20H,2-5,9-10,12-13H2,1H3/t16-,17+/m1/s1. The highest BCUT2D eigenvalue weighted by Crippen LogP contribution is 2.53. The van der Waals surface area contributed by atoms with Crippen LogP contribution in [0.25, 0.3) is 0 Å². The monoisotopic (exact) mass is 289 g/mol. The number of aromatic hydroxyl groups is 1. The highest BCUT2D eigenvalue weighted by molar-refractivity contribution is 5.27.